The number of aliphatic hydroxyl groups is 1. The number of aliphatic hydroxyl groups excluding tert-OH is 1. The summed E-state index contributed by atoms with van der Waals surface area (Å²) in [6, 6.07) is 4.65. The van der Waals surface area contributed by atoms with E-state index >= 15 is 0 Å². The van der Waals surface area contributed by atoms with Gasteiger partial charge in [0.1, 0.15) is 0 Å². The minimum atomic E-state index is -3.61. The quantitative estimate of drug-likeness (QED) is 0.889. The minimum Gasteiger partial charge on any atom is -0.394 e. The predicted molar refractivity (Wildman–Crippen MR) is 70.2 cm³/mol. The van der Waals surface area contributed by atoms with Crippen LogP contribution in [0, 0.1) is 6.92 Å². The van der Waals surface area contributed by atoms with Crippen LogP contribution >= 0.6 is 11.6 Å². The highest BCUT2D eigenvalue weighted by atomic mass is 35.5. The number of aryl methyl sites for hydroxylation is 1. The van der Waals surface area contributed by atoms with Crippen molar-refractivity contribution in [3.8, 4) is 0 Å². The average molecular weight is 290 g/mol. The maximum absolute atomic E-state index is 12.3. The van der Waals surface area contributed by atoms with E-state index in [9.17, 15) is 13.5 Å². The van der Waals surface area contributed by atoms with Crippen LogP contribution in [0.3, 0.4) is 0 Å². The third-order valence-electron chi connectivity index (χ3n) is 3.39. The van der Waals surface area contributed by atoms with Gasteiger partial charge in [0.15, 0.2) is 0 Å². The molecule has 0 radical (unpaired) electrons. The Morgan fingerprint density at radius 1 is 1.44 bits per heavy atom. The van der Waals surface area contributed by atoms with E-state index in [-0.39, 0.29) is 11.5 Å². The Bertz CT molecular complexity index is 547. The van der Waals surface area contributed by atoms with Crippen LogP contribution in [0.15, 0.2) is 23.1 Å². The molecule has 1 aliphatic carbocycles. The average Bonchev–Trinajstić information content (AvgIpc) is 2.23. The van der Waals surface area contributed by atoms with E-state index in [0.717, 1.165) is 6.42 Å². The summed E-state index contributed by atoms with van der Waals surface area (Å²) in [5.74, 6) is 0. The molecule has 0 unspecified atom stereocenters. The Kier molecular flexibility index (Phi) is 3.69. The normalized spacial score (nSPS) is 18.4. The molecule has 4 nitrogen and oxygen atoms in total. The number of benzene rings is 1. The lowest BCUT2D eigenvalue weighted by Crippen LogP contribution is -2.56. The first kappa shape index (κ1) is 13.8. The van der Waals surface area contributed by atoms with Gasteiger partial charge in [0.05, 0.1) is 17.0 Å². The van der Waals surface area contributed by atoms with Crippen LogP contribution in [0.1, 0.15) is 24.8 Å². The van der Waals surface area contributed by atoms with Crippen molar-refractivity contribution in [1.29, 1.82) is 0 Å². The van der Waals surface area contributed by atoms with E-state index < -0.39 is 15.6 Å². The molecule has 1 aromatic rings. The molecular formula is C12H16ClNO3S. The molecule has 0 bridgehead atoms. The van der Waals surface area contributed by atoms with Crippen molar-refractivity contribution in [2.45, 2.75) is 36.6 Å². The van der Waals surface area contributed by atoms with Gasteiger partial charge in [0.25, 0.3) is 0 Å². The Labute approximate surface area is 112 Å². The molecule has 2 rings (SSSR count). The van der Waals surface area contributed by atoms with E-state index in [1.165, 1.54) is 6.07 Å². The molecule has 0 aliphatic heterocycles. The third-order valence-corrected chi connectivity index (χ3v) is 5.36. The number of hydrogen-bond acceptors (Lipinski definition) is 3. The molecule has 18 heavy (non-hydrogen) atoms. The SMILES string of the molecule is Cc1cc(Cl)ccc1S(=O)(=O)NC1(CO)CCC1. The predicted octanol–water partition coefficient (Wildman–Crippen LogP) is 1.84. The number of rotatable bonds is 4. The van der Waals surface area contributed by atoms with Crippen LogP contribution in [0.2, 0.25) is 5.02 Å². The van der Waals surface area contributed by atoms with Crippen LogP contribution in [0.5, 0.6) is 0 Å². The third kappa shape index (κ3) is 2.54. The molecule has 1 saturated carbocycles. The fourth-order valence-electron chi connectivity index (χ4n) is 2.15. The molecule has 0 aromatic heterocycles. The standard InChI is InChI=1S/C12H16ClNO3S/c1-9-7-10(13)3-4-11(9)18(16,17)14-12(8-15)5-2-6-12/h3-4,7,14-15H,2,5-6,8H2,1H3. The van der Waals surface area contributed by atoms with Crippen LogP contribution in [0.25, 0.3) is 0 Å². The van der Waals surface area contributed by atoms with Gasteiger partial charge in [-0.15, -0.1) is 0 Å². The summed E-state index contributed by atoms with van der Waals surface area (Å²) in [5, 5.41) is 9.82. The fraction of sp³-hybridized carbons (Fsp3) is 0.500. The highest BCUT2D eigenvalue weighted by molar-refractivity contribution is 7.89. The molecule has 1 fully saturated rings. The Hall–Kier alpha value is -0.620. The van der Waals surface area contributed by atoms with Gasteiger partial charge in [0, 0.05) is 5.02 Å². The zero-order valence-corrected chi connectivity index (χ0v) is 11.7. The smallest absolute Gasteiger partial charge is 0.241 e. The van der Waals surface area contributed by atoms with Gasteiger partial charge in [-0.25, -0.2) is 13.1 Å². The molecule has 1 aromatic carbocycles. The zero-order valence-electron chi connectivity index (χ0n) is 10.1. The van der Waals surface area contributed by atoms with Gasteiger partial charge in [-0.3, -0.25) is 0 Å². The number of halogens is 1. The highest BCUT2D eigenvalue weighted by Gasteiger charge is 2.40. The van der Waals surface area contributed by atoms with Crippen LogP contribution in [-0.2, 0) is 10.0 Å². The number of hydrogen-bond donors (Lipinski definition) is 2. The summed E-state index contributed by atoms with van der Waals surface area (Å²) in [6.45, 7) is 1.53. The molecule has 0 amide bonds. The Morgan fingerprint density at radius 3 is 2.56 bits per heavy atom. The summed E-state index contributed by atoms with van der Waals surface area (Å²) < 4.78 is 27.1. The maximum atomic E-state index is 12.3. The summed E-state index contributed by atoms with van der Waals surface area (Å²) in [5.41, 5.74) is -0.0762. The maximum Gasteiger partial charge on any atom is 0.241 e. The van der Waals surface area contributed by atoms with E-state index in [0.29, 0.717) is 23.4 Å². The van der Waals surface area contributed by atoms with E-state index in [1.807, 2.05) is 0 Å². The molecule has 0 atom stereocenters. The van der Waals surface area contributed by atoms with Crippen LogP contribution in [0.4, 0.5) is 0 Å². The van der Waals surface area contributed by atoms with Crippen LogP contribution in [-0.4, -0.2) is 25.7 Å². The van der Waals surface area contributed by atoms with Gasteiger partial charge >= 0.3 is 0 Å². The largest absolute Gasteiger partial charge is 0.394 e. The first-order chi connectivity index (χ1) is 8.38. The zero-order chi connectivity index (χ0) is 13.4. The van der Waals surface area contributed by atoms with Crippen molar-refractivity contribution in [2.24, 2.45) is 0 Å². The van der Waals surface area contributed by atoms with E-state index in [2.05, 4.69) is 4.72 Å². The monoisotopic (exact) mass is 289 g/mol. The lowest BCUT2D eigenvalue weighted by Gasteiger charge is -2.40. The van der Waals surface area contributed by atoms with Gasteiger partial charge in [-0.05, 0) is 49.9 Å². The lowest BCUT2D eigenvalue weighted by atomic mass is 9.78. The van der Waals surface area contributed by atoms with Crippen molar-refractivity contribution in [3.63, 3.8) is 0 Å². The summed E-state index contributed by atoms with van der Waals surface area (Å²) in [4.78, 5) is 0.214. The van der Waals surface area contributed by atoms with Crippen LogP contribution < -0.4 is 4.72 Å². The fourth-order valence-corrected chi connectivity index (χ4v) is 4.06. The van der Waals surface area contributed by atoms with Crippen molar-refractivity contribution in [2.75, 3.05) is 6.61 Å². The molecule has 2 N–H and O–H groups in total. The summed E-state index contributed by atoms with van der Waals surface area (Å²) in [6.07, 6.45) is 2.29. The molecular weight excluding hydrogens is 274 g/mol. The molecule has 0 heterocycles. The number of nitrogens with one attached hydrogen (secondary N) is 1. The van der Waals surface area contributed by atoms with Crippen molar-refractivity contribution < 1.29 is 13.5 Å². The van der Waals surface area contributed by atoms with Crippen molar-refractivity contribution in [3.05, 3.63) is 28.8 Å². The Morgan fingerprint density at radius 2 is 2.11 bits per heavy atom. The Balaban J connectivity index is 2.31. The van der Waals surface area contributed by atoms with E-state index in [4.69, 9.17) is 11.6 Å². The topological polar surface area (TPSA) is 66.4 Å². The first-order valence-corrected chi connectivity index (χ1v) is 7.66. The second kappa shape index (κ2) is 4.81. The van der Waals surface area contributed by atoms with Crippen molar-refractivity contribution in [1.82, 2.24) is 4.72 Å². The molecule has 100 valence electrons. The first-order valence-electron chi connectivity index (χ1n) is 5.80. The molecule has 6 heteroatoms. The van der Waals surface area contributed by atoms with Gasteiger partial charge in [0.2, 0.25) is 10.0 Å². The minimum absolute atomic E-state index is 0.168. The van der Waals surface area contributed by atoms with E-state index in [1.54, 1.807) is 19.1 Å². The summed E-state index contributed by atoms with van der Waals surface area (Å²) >= 11 is 5.81. The van der Waals surface area contributed by atoms with Crippen molar-refractivity contribution >= 4 is 21.6 Å². The number of sulfonamides is 1. The summed E-state index contributed by atoms with van der Waals surface area (Å²) in [7, 11) is -3.61. The second-order valence-electron chi connectivity index (χ2n) is 4.81. The second-order valence-corrected chi connectivity index (χ2v) is 6.89. The highest BCUT2D eigenvalue weighted by Crippen LogP contribution is 2.33. The van der Waals surface area contributed by atoms with Gasteiger partial charge in [-0.1, -0.05) is 11.6 Å². The van der Waals surface area contributed by atoms with Gasteiger partial charge < -0.3 is 5.11 Å². The molecule has 0 spiro atoms. The molecule has 0 saturated heterocycles. The van der Waals surface area contributed by atoms with Gasteiger partial charge in [-0.2, -0.15) is 0 Å². The molecule has 1 aliphatic rings. The lowest BCUT2D eigenvalue weighted by molar-refractivity contribution is 0.110.